The van der Waals surface area contributed by atoms with Gasteiger partial charge in [0.25, 0.3) is 0 Å². The number of rotatable bonds is 4. The summed E-state index contributed by atoms with van der Waals surface area (Å²) in [4.78, 5) is 10.3. The van der Waals surface area contributed by atoms with Crippen LogP contribution in [0.2, 0.25) is 0 Å². The lowest BCUT2D eigenvalue weighted by atomic mass is 10.4. The molecule has 0 aliphatic heterocycles. The molecule has 78 valence electrons. The average Bonchev–Trinajstić information content (AvgIpc) is 2.54. The molecule has 0 unspecified atom stereocenters. The van der Waals surface area contributed by atoms with Gasteiger partial charge < -0.3 is 5.11 Å². The highest BCUT2D eigenvalue weighted by molar-refractivity contribution is 7.89. The van der Waals surface area contributed by atoms with Gasteiger partial charge in [0, 0.05) is 6.20 Å². The second kappa shape index (κ2) is 3.76. The fraction of sp³-hybridized carbons (Fsp3) is 0.333. The van der Waals surface area contributed by atoms with E-state index in [-0.39, 0.29) is 4.90 Å². The number of nitrogens with one attached hydrogen (secondary N) is 2. The third-order valence-electron chi connectivity index (χ3n) is 1.49. The molecule has 8 heteroatoms. The molecule has 0 radical (unpaired) electrons. The largest absolute Gasteiger partial charge is 0.480 e. The zero-order valence-electron chi connectivity index (χ0n) is 7.26. The Morgan fingerprint density at radius 2 is 2.36 bits per heavy atom. The van der Waals surface area contributed by atoms with E-state index in [0.717, 1.165) is 12.4 Å². The van der Waals surface area contributed by atoms with E-state index in [1.54, 1.807) is 0 Å². The quantitative estimate of drug-likeness (QED) is 0.611. The molecule has 0 amide bonds. The van der Waals surface area contributed by atoms with Crippen LogP contribution in [-0.2, 0) is 14.8 Å². The number of carbonyl (C=O) groups is 1. The molecule has 7 nitrogen and oxygen atoms in total. The molecule has 0 aliphatic rings. The number of hydrogen-bond acceptors (Lipinski definition) is 4. The van der Waals surface area contributed by atoms with Crippen molar-refractivity contribution in [2.45, 2.75) is 17.9 Å². The highest BCUT2D eigenvalue weighted by Gasteiger charge is 2.21. The van der Waals surface area contributed by atoms with Gasteiger partial charge in [-0.1, -0.05) is 0 Å². The third kappa shape index (κ3) is 2.30. The van der Waals surface area contributed by atoms with E-state index >= 15 is 0 Å². The van der Waals surface area contributed by atoms with Crippen LogP contribution >= 0.6 is 0 Å². The molecule has 0 aliphatic carbocycles. The fourth-order valence-corrected chi connectivity index (χ4v) is 1.84. The molecule has 0 bridgehead atoms. The summed E-state index contributed by atoms with van der Waals surface area (Å²) >= 11 is 0. The Morgan fingerprint density at radius 1 is 1.71 bits per heavy atom. The summed E-state index contributed by atoms with van der Waals surface area (Å²) in [6, 6.07) is -1.17. The maximum Gasteiger partial charge on any atom is 0.321 e. The molecular formula is C6H9N3O4S. The predicted molar refractivity (Wildman–Crippen MR) is 46.0 cm³/mol. The van der Waals surface area contributed by atoms with Crippen molar-refractivity contribution < 1.29 is 18.3 Å². The zero-order chi connectivity index (χ0) is 10.8. The van der Waals surface area contributed by atoms with E-state index in [1.165, 1.54) is 6.92 Å². The van der Waals surface area contributed by atoms with Gasteiger partial charge >= 0.3 is 5.97 Å². The van der Waals surface area contributed by atoms with Gasteiger partial charge in [0.15, 0.2) is 0 Å². The van der Waals surface area contributed by atoms with Gasteiger partial charge in [-0.2, -0.15) is 9.82 Å². The van der Waals surface area contributed by atoms with Crippen molar-refractivity contribution in [1.82, 2.24) is 14.9 Å². The minimum Gasteiger partial charge on any atom is -0.480 e. The molecule has 1 aromatic heterocycles. The van der Waals surface area contributed by atoms with Crippen molar-refractivity contribution >= 4 is 16.0 Å². The van der Waals surface area contributed by atoms with Gasteiger partial charge in [0.2, 0.25) is 10.0 Å². The molecule has 1 heterocycles. The molecule has 1 aromatic rings. The summed E-state index contributed by atoms with van der Waals surface area (Å²) in [6.45, 7) is 1.24. The minimum atomic E-state index is -3.79. The Hall–Kier alpha value is -1.41. The van der Waals surface area contributed by atoms with Crippen LogP contribution in [0.5, 0.6) is 0 Å². The van der Waals surface area contributed by atoms with Crippen LogP contribution in [0.3, 0.4) is 0 Å². The third-order valence-corrected chi connectivity index (χ3v) is 2.99. The van der Waals surface area contributed by atoms with Gasteiger partial charge in [-0.3, -0.25) is 9.89 Å². The number of aromatic nitrogens is 2. The van der Waals surface area contributed by atoms with E-state index in [0.29, 0.717) is 0 Å². The molecule has 3 N–H and O–H groups in total. The second-order valence-electron chi connectivity index (χ2n) is 2.62. The smallest absolute Gasteiger partial charge is 0.321 e. The van der Waals surface area contributed by atoms with E-state index in [1.807, 2.05) is 4.72 Å². The summed E-state index contributed by atoms with van der Waals surface area (Å²) in [6.07, 6.45) is 2.26. The van der Waals surface area contributed by atoms with Crippen LogP contribution in [0.1, 0.15) is 6.92 Å². The number of H-pyrrole nitrogens is 1. The maximum absolute atomic E-state index is 11.4. The normalized spacial score (nSPS) is 13.8. The highest BCUT2D eigenvalue weighted by atomic mass is 32.2. The molecule has 0 saturated carbocycles. The number of carboxylic acids is 1. The van der Waals surface area contributed by atoms with E-state index in [9.17, 15) is 13.2 Å². The standard InChI is InChI=1S/C6H9N3O4S/c1-4(6(10)11)9-14(12,13)5-2-7-8-3-5/h2-4,9H,1H3,(H,7,8)(H,10,11)/t4-/m0/s1. The average molecular weight is 219 g/mol. The van der Waals surface area contributed by atoms with Crippen LogP contribution in [-0.4, -0.2) is 35.7 Å². The lowest BCUT2D eigenvalue weighted by Crippen LogP contribution is -2.38. The first-order valence-corrected chi connectivity index (χ1v) is 5.16. The van der Waals surface area contributed by atoms with Crippen molar-refractivity contribution in [3.8, 4) is 0 Å². The van der Waals surface area contributed by atoms with Gasteiger partial charge in [0.05, 0.1) is 6.20 Å². The van der Waals surface area contributed by atoms with E-state index < -0.39 is 22.0 Å². The van der Waals surface area contributed by atoms with Gasteiger partial charge in [-0.05, 0) is 6.92 Å². The highest BCUT2D eigenvalue weighted by Crippen LogP contribution is 2.04. The number of hydrogen-bond donors (Lipinski definition) is 3. The molecule has 1 rings (SSSR count). The van der Waals surface area contributed by atoms with Crippen molar-refractivity contribution in [3.63, 3.8) is 0 Å². The SMILES string of the molecule is C[C@H](NS(=O)(=O)c1cn[nH]c1)C(=O)O. The Morgan fingerprint density at radius 3 is 2.79 bits per heavy atom. The number of aliphatic carboxylic acids is 1. The Bertz CT molecular complexity index is 410. The fourth-order valence-electron chi connectivity index (χ4n) is 0.737. The molecule has 0 aromatic carbocycles. The summed E-state index contributed by atoms with van der Waals surface area (Å²) in [5, 5.41) is 14.3. The number of aromatic amines is 1. The number of carboxylic acid groups (broad SMARTS) is 1. The zero-order valence-corrected chi connectivity index (χ0v) is 8.08. The lowest BCUT2D eigenvalue weighted by Gasteiger charge is -2.07. The van der Waals surface area contributed by atoms with E-state index in [4.69, 9.17) is 5.11 Å². The Labute approximate surface area is 80.2 Å². The van der Waals surface area contributed by atoms with Crippen LogP contribution in [0.25, 0.3) is 0 Å². The molecule has 0 spiro atoms. The summed E-state index contributed by atoms with van der Waals surface area (Å²) in [5.41, 5.74) is 0. The molecule has 0 fully saturated rings. The first-order valence-electron chi connectivity index (χ1n) is 3.67. The molecule has 14 heavy (non-hydrogen) atoms. The summed E-state index contributed by atoms with van der Waals surface area (Å²) in [7, 11) is -3.79. The van der Waals surface area contributed by atoms with Crippen molar-refractivity contribution in [2.24, 2.45) is 0 Å². The van der Waals surface area contributed by atoms with Crippen LogP contribution in [0.15, 0.2) is 17.3 Å². The predicted octanol–water partition coefficient (Wildman–Crippen LogP) is -0.839. The molecular weight excluding hydrogens is 210 g/mol. The van der Waals surface area contributed by atoms with Gasteiger partial charge in [0.1, 0.15) is 10.9 Å². The van der Waals surface area contributed by atoms with E-state index in [2.05, 4.69) is 10.2 Å². The first-order chi connectivity index (χ1) is 6.43. The van der Waals surface area contributed by atoms with Gasteiger partial charge in [-0.25, -0.2) is 8.42 Å². The van der Waals surface area contributed by atoms with Gasteiger partial charge in [-0.15, -0.1) is 0 Å². The van der Waals surface area contributed by atoms with Crippen LogP contribution in [0.4, 0.5) is 0 Å². The Balaban J connectivity index is 2.84. The minimum absolute atomic E-state index is 0.0920. The second-order valence-corrected chi connectivity index (χ2v) is 4.33. The topological polar surface area (TPSA) is 112 Å². The molecule has 0 saturated heterocycles. The van der Waals surface area contributed by atoms with Crippen molar-refractivity contribution in [1.29, 1.82) is 0 Å². The van der Waals surface area contributed by atoms with Crippen molar-refractivity contribution in [2.75, 3.05) is 0 Å². The number of nitrogens with zero attached hydrogens (tertiary/aromatic N) is 1. The first kappa shape index (κ1) is 10.7. The summed E-state index contributed by atoms with van der Waals surface area (Å²) < 4.78 is 24.7. The maximum atomic E-state index is 11.4. The van der Waals surface area contributed by atoms with Crippen LogP contribution < -0.4 is 4.72 Å². The number of sulfonamides is 1. The summed E-state index contributed by atoms with van der Waals surface area (Å²) in [5.74, 6) is -1.24. The van der Waals surface area contributed by atoms with Crippen molar-refractivity contribution in [3.05, 3.63) is 12.4 Å². The molecule has 1 atom stereocenters. The Kier molecular flexibility index (Phi) is 2.87. The van der Waals surface area contributed by atoms with Crippen LogP contribution in [0, 0.1) is 0 Å². The monoisotopic (exact) mass is 219 g/mol. The lowest BCUT2D eigenvalue weighted by molar-refractivity contribution is -0.138.